The third-order valence-electron chi connectivity index (χ3n) is 2.41. The van der Waals surface area contributed by atoms with Gasteiger partial charge in [0.05, 0.1) is 4.47 Å². The van der Waals surface area contributed by atoms with E-state index in [0.29, 0.717) is 0 Å². The summed E-state index contributed by atoms with van der Waals surface area (Å²) in [5, 5.41) is 0. The molecule has 0 amide bonds. The average molecular weight is 265 g/mol. The Morgan fingerprint density at radius 1 is 1.31 bits per heavy atom. The van der Waals surface area contributed by atoms with Crippen LogP contribution in [0, 0.1) is 0 Å². The summed E-state index contributed by atoms with van der Waals surface area (Å²) >= 11 is 3.31. The second-order valence-corrected chi connectivity index (χ2v) is 4.27. The van der Waals surface area contributed by atoms with E-state index < -0.39 is 0 Å². The van der Waals surface area contributed by atoms with Crippen molar-refractivity contribution in [3.8, 4) is 0 Å². The topological polar surface area (TPSA) is 53.4 Å². The van der Waals surface area contributed by atoms with Crippen LogP contribution in [0.15, 0.2) is 16.9 Å². The molecule has 0 unspecified atom stereocenters. The number of quaternary nitrogens is 1. The zero-order valence-corrected chi connectivity index (χ0v) is 9.48. The molecule has 1 heterocycles. The summed E-state index contributed by atoms with van der Waals surface area (Å²) in [6.07, 6.45) is 7.06. The van der Waals surface area contributed by atoms with Gasteiger partial charge in [0.15, 0.2) is 11.4 Å². The fourth-order valence-corrected chi connectivity index (χ4v) is 1.62. The van der Waals surface area contributed by atoms with E-state index in [2.05, 4.69) is 31.6 Å². The second kappa shape index (κ2) is 3.90. The van der Waals surface area contributed by atoms with Gasteiger partial charge in [-0.2, -0.15) is 0 Å². The first-order valence-electron chi connectivity index (χ1n) is 4.04. The molecule has 0 atom stereocenters. The van der Waals surface area contributed by atoms with Crippen molar-refractivity contribution in [3.63, 3.8) is 0 Å². The minimum atomic E-state index is 0. The molecule has 13 heavy (non-hydrogen) atoms. The SMILES string of the molecule is [Cl-].[NH3+]C1(c2ncc(Br)cn2)CCC1. The largest absolute Gasteiger partial charge is 1.00 e. The summed E-state index contributed by atoms with van der Waals surface area (Å²) in [5.74, 6) is 0.886. The van der Waals surface area contributed by atoms with Crippen molar-refractivity contribution in [1.29, 1.82) is 0 Å². The van der Waals surface area contributed by atoms with Crippen LogP contribution in [0.1, 0.15) is 25.1 Å². The highest BCUT2D eigenvalue weighted by Gasteiger charge is 2.41. The van der Waals surface area contributed by atoms with Gasteiger partial charge in [-0.3, -0.25) is 0 Å². The van der Waals surface area contributed by atoms with Crippen molar-refractivity contribution in [2.75, 3.05) is 0 Å². The van der Waals surface area contributed by atoms with Crippen molar-refractivity contribution in [2.24, 2.45) is 0 Å². The molecule has 0 saturated heterocycles. The highest BCUT2D eigenvalue weighted by atomic mass is 79.9. The van der Waals surface area contributed by atoms with Gasteiger partial charge in [-0.1, -0.05) is 0 Å². The second-order valence-electron chi connectivity index (χ2n) is 3.36. The van der Waals surface area contributed by atoms with E-state index in [1.165, 1.54) is 6.42 Å². The van der Waals surface area contributed by atoms with Gasteiger partial charge >= 0.3 is 0 Å². The van der Waals surface area contributed by atoms with Crippen LogP contribution in [-0.4, -0.2) is 9.97 Å². The van der Waals surface area contributed by atoms with Gasteiger partial charge in [0, 0.05) is 25.2 Å². The molecular formula is C8H11BrClN3. The average Bonchev–Trinajstić information content (AvgIpc) is 2.02. The first-order valence-corrected chi connectivity index (χ1v) is 4.83. The first-order chi connectivity index (χ1) is 5.71. The Bertz CT molecular complexity index is 284. The molecule has 0 aromatic carbocycles. The third kappa shape index (κ3) is 2.00. The molecule has 0 spiro atoms. The molecule has 0 aliphatic heterocycles. The lowest BCUT2D eigenvalue weighted by Gasteiger charge is -2.32. The van der Waals surface area contributed by atoms with Crippen LogP contribution in [0.2, 0.25) is 0 Å². The van der Waals surface area contributed by atoms with E-state index >= 15 is 0 Å². The number of aromatic nitrogens is 2. The Labute approximate surface area is 91.7 Å². The molecule has 3 nitrogen and oxygen atoms in total. The Morgan fingerprint density at radius 3 is 2.23 bits per heavy atom. The number of hydrogen-bond acceptors (Lipinski definition) is 2. The Kier molecular flexibility index (Phi) is 3.27. The van der Waals surface area contributed by atoms with E-state index in [9.17, 15) is 0 Å². The van der Waals surface area contributed by atoms with Crippen LogP contribution in [0.4, 0.5) is 0 Å². The lowest BCUT2D eigenvalue weighted by molar-refractivity contribution is -0.512. The number of nitrogens with zero attached hydrogens (tertiary/aromatic N) is 2. The molecule has 3 N–H and O–H groups in total. The number of rotatable bonds is 1. The van der Waals surface area contributed by atoms with Crippen molar-refractivity contribution in [2.45, 2.75) is 24.8 Å². The Balaban J connectivity index is 0.000000845. The third-order valence-corrected chi connectivity index (χ3v) is 2.81. The van der Waals surface area contributed by atoms with Crippen molar-refractivity contribution >= 4 is 15.9 Å². The molecule has 0 radical (unpaired) electrons. The summed E-state index contributed by atoms with van der Waals surface area (Å²) in [6.45, 7) is 0. The van der Waals surface area contributed by atoms with Crippen LogP contribution >= 0.6 is 15.9 Å². The van der Waals surface area contributed by atoms with Crippen LogP contribution in [-0.2, 0) is 5.54 Å². The summed E-state index contributed by atoms with van der Waals surface area (Å²) in [6, 6.07) is 0. The number of halogens is 2. The molecule has 1 aliphatic carbocycles. The molecule has 1 aromatic rings. The standard InChI is InChI=1S/C8H10BrN3.ClH/c9-6-4-11-7(12-5-6)8(10)2-1-3-8;/h4-5H,1-3,10H2;1H. The summed E-state index contributed by atoms with van der Waals surface area (Å²) in [7, 11) is 0. The monoisotopic (exact) mass is 263 g/mol. The minimum Gasteiger partial charge on any atom is -1.00 e. The maximum absolute atomic E-state index is 4.25. The van der Waals surface area contributed by atoms with E-state index in [1.807, 2.05) is 0 Å². The highest BCUT2D eigenvalue weighted by Crippen LogP contribution is 2.34. The highest BCUT2D eigenvalue weighted by molar-refractivity contribution is 9.10. The maximum Gasteiger partial charge on any atom is 0.189 e. The first kappa shape index (κ1) is 10.9. The molecule has 0 bridgehead atoms. The van der Waals surface area contributed by atoms with Crippen LogP contribution in [0.5, 0.6) is 0 Å². The predicted molar refractivity (Wildman–Crippen MR) is 48.1 cm³/mol. The van der Waals surface area contributed by atoms with Crippen LogP contribution in [0.25, 0.3) is 0 Å². The summed E-state index contributed by atoms with van der Waals surface area (Å²) < 4.78 is 0.925. The van der Waals surface area contributed by atoms with Crippen LogP contribution in [0.3, 0.4) is 0 Å². The van der Waals surface area contributed by atoms with E-state index in [4.69, 9.17) is 0 Å². The zero-order valence-electron chi connectivity index (χ0n) is 7.13. The quantitative estimate of drug-likeness (QED) is 0.630. The van der Waals surface area contributed by atoms with Crippen molar-refractivity contribution in [1.82, 2.24) is 9.97 Å². The normalized spacial score (nSPS) is 18.6. The minimum absolute atomic E-state index is 0. The molecule has 1 aliphatic rings. The van der Waals surface area contributed by atoms with Gasteiger partial charge in [0.2, 0.25) is 0 Å². The lowest BCUT2D eigenvalue weighted by Crippen LogP contribution is -3.00. The van der Waals surface area contributed by atoms with E-state index in [0.717, 1.165) is 23.1 Å². The molecular weight excluding hydrogens is 253 g/mol. The Morgan fingerprint density at radius 2 is 1.85 bits per heavy atom. The number of hydrogen-bond donors (Lipinski definition) is 1. The van der Waals surface area contributed by atoms with E-state index in [1.54, 1.807) is 12.4 Å². The smallest absolute Gasteiger partial charge is 0.189 e. The van der Waals surface area contributed by atoms with Gasteiger partial charge in [0.25, 0.3) is 0 Å². The van der Waals surface area contributed by atoms with Crippen molar-refractivity contribution in [3.05, 3.63) is 22.7 Å². The molecule has 1 aromatic heterocycles. The van der Waals surface area contributed by atoms with Gasteiger partial charge in [-0.05, 0) is 22.4 Å². The van der Waals surface area contributed by atoms with Crippen LogP contribution < -0.4 is 18.1 Å². The summed E-state index contributed by atoms with van der Waals surface area (Å²) in [5.41, 5.74) is 4.15. The Hall–Kier alpha value is -0.190. The fraction of sp³-hybridized carbons (Fsp3) is 0.500. The fourth-order valence-electron chi connectivity index (χ4n) is 1.41. The summed E-state index contributed by atoms with van der Waals surface area (Å²) in [4.78, 5) is 8.50. The molecule has 72 valence electrons. The predicted octanol–water partition coefficient (Wildman–Crippen LogP) is -2.14. The lowest BCUT2D eigenvalue weighted by atomic mass is 9.77. The van der Waals surface area contributed by atoms with E-state index in [-0.39, 0.29) is 17.9 Å². The molecule has 1 saturated carbocycles. The molecule has 2 rings (SSSR count). The van der Waals surface area contributed by atoms with Gasteiger partial charge in [0.1, 0.15) is 0 Å². The van der Waals surface area contributed by atoms with Gasteiger partial charge in [-0.25, -0.2) is 9.97 Å². The molecule has 1 fully saturated rings. The molecule has 5 heteroatoms. The van der Waals surface area contributed by atoms with Crippen molar-refractivity contribution < 1.29 is 18.1 Å². The maximum atomic E-state index is 4.25. The van der Waals surface area contributed by atoms with Gasteiger partial charge < -0.3 is 18.1 Å². The zero-order chi connectivity index (χ0) is 8.60. The van der Waals surface area contributed by atoms with Gasteiger partial charge in [-0.15, -0.1) is 0 Å².